The number of carbonyl (C=O) groups is 1. The molecule has 25 heavy (non-hydrogen) atoms. The van der Waals surface area contributed by atoms with Crippen molar-refractivity contribution >= 4 is 22.8 Å². The summed E-state index contributed by atoms with van der Waals surface area (Å²) in [7, 11) is 0. The van der Waals surface area contributed by atoms with Crippen molar-refractivity contribution in [2.45, 2.75) is 26.2 Å². The standard InChI is InChI=1S/C23H17NO/c1-13(25)18-11-19-9-16-6-2-4-14-8-15-5-3-7-17-10-20(12-18)23(19)24(21(14)16)22(15)17/h2-7,11-12H,8-10H2,1H3. The van der Waals surface area contributed by atoms with Gasteiger partial charge in [0.05, 0.1) is 17.1 Å². The number of para-hydroxylation sites is 2. The van der Waals surface area contributed by atoms with Crippen LogP contribution in [0.2, 0.25) is 0 Å². The predicted octanol–water partition coefficient (Wildman–Crippen LogP) is 5.07. The largest absolute Gasteiger partial charge is 0.309 e. The molecule has 6 rings (SSSR count). The summed E-state index contributed by atoms with van der Waals surface area (Å²) < 4.78 is 0. The van der Waals surface area contributed by atoms with Crippen molar-refractivity contribution < 1.29 is 4.79 Å². The summed E-state index contributed by atoms with van der Waals surface area (Å²) in [6.07, 6.45) is 2.85. The van der Waals surface area contributed by atoms with Crippen LogP contribution < -0.4 is 4.90 Å². The number of hydrogen-bond donors (Lipinski definition) is 0. The second-order valence-corrected chi connectivity index (χ2v) is 7.41. The molecule has 3 heterocycles. The molecule has 0 saturated carbocycles. The normalized spacial score (nSPS) is 15.0. The molecule has 3 aliphatic heterocycles. The Morgan fingerprint density at radius 3 is 1.56 bits per heavy atom. The van der Waals surface area contributed by atoms with Crippen molar-refractivity contribution in [2.75, 3.05) is 4.90 Å². The van der Waals surface area contributed by atoms with Crippen LogP contribution in [-0.2, 0) is 19.3 Å². The summed E-state index contributed by atoms with van der Waals surface area (Å²) in [6, 6.07) is 17.6. The summed E-state index contributed by atoms with van der Waals surface area (Å²) in [5.41, 5.74) is 13.1. The summed E-state index contributed by atoms with van der Waals surface area (Å²) >= 11 is 0. The van der Waals surface area contributed by atoms with E-state index in [9.17, 15) is 4.79 Å². The number of nitrogens with zero attached hydrogens (tertiary/aromatic N) is 1. The average molecular weight is 323 g/mol. The molecule has 0 aromatic heterocycles. The number of ketones is 1. The molecule has 0 saturated heterocycles. The molecule has 3 aliphatic rings. The zero-order chi connectivity index (χ0) is 16.7. The van der Waals surface area contributed by atoms with Crippen LogP contribution in [0.5, 0.6) is 0 Å². The number of carbonyl (C=O) groups excluding carboxylic acids is 1. The van der Waals surface area contributed by atoms with Gasteiger partial charge in [-0.1, -0.05) is 36.4 Å². The van der Waals surface area contributed by atoms with Gasteiger partial charge in [-0.25, -0.2) is 0 Å². The fourth-order valence-corrected chi connectivity index (χ4v) is 4.91. The van der Waals surface area contributed by atoms with E-state index in [-0.39, 0.29) is 5.78 Å². The first kappa shape index (κ1) is 13.4. The van der Waals surface area contributed by atoms with Crippen molar-refractivity contribution in [2.24, 2.45) is 0 Å². The second kappa shape index (κ2) is 4.40. The van der Waals surface area contributed by atoms with Gasteiger partial charge in [-0.05, 0) is 52.4 Å². The van der Waals surface area contributed by atoms with Gasteiger partial charge >= 0.3 is 0 Å². The lowest BCUT2D eigenvalue weighted by Gasteiger charge is -2.44. The topological polar surface area (TPSA) is 20.3 Å². The monoisotopic (exact) mass is 323 g/mol. The van der Waals surface area contributed by atoms with Gasteiger partial charge in [-0.2, -0.15) is 0 Å². The maximum atomic E-state index is 12.0. The first-order valence-electron chi connectivity index (χ1n) is 8.89. The van der Waals surface area contributed by atoms with E-state index in [4.69, 9.17) is 0 Å². The number of hydrogen-bond acceptors (Lipinski definition) is 2. The van der Waals surface area contributed by atoms with E-state index in [1.54, 1.807) is 6.92 Å². The molecular weight excluding hydrogens is 306 g/mol. The average Bonchev–Trinajstić information content (AvgIpc) is 2.61. The third-order valence-electron chi connectivity index (χ3n) is 5.89. The van der Waals surface area contributed by atoms with Crippen LogP contribution in [0.15, 0.2) is 48.5 Å². The van der Waals surface area contributed by atoms with E-state index in [1.165, 1.54) is 50.4 Å². The Morgan fingerprint density at radius 2 is 1.12 bits per heavy atom. The summed E-state index contributed by atoms with van der Waals surface area (Å²) in [5.74, 6) is 0.150. The Bertz CT molecular complexity index is 1030. The minimum Gasteiger partial charge on any atom is -0.309 e. The lowest BCUT2D eigenvalue weighted by molar-refractivity contribution is 0.101. The van der Waals surface area contributed by atoms with Crippen LogP contribution >= 0.6 is 0 Å². The van der Waals surface area contributed by atoms with Crippen LogP contribution in [0, 0.1) is 0 Å². The molecular formula is C23H17NO. The number of Topliss-reactive ketones (excluding diaryl/α,β-unsaturated/α-hetero) is 1. The zero-order valence-electron chi connectivity index (χ0n) is 14.1. The van der Waals surface area contributed by atoms with E-state index in [0.29, 0.717) is 0 Å². The molecule has 0 radical (unpaired) electrons. The van der Waals surface area contributed by atoms with E-state index in [1.807, 2.05) is 0 Å². The van der Waals surface area contributed by atoms with Crippen molar-refractivity contribution in [3.05, 3.63) is 87.5 Å². The van der Waals surface area contributed by atoms with Gasteiger partial charge in [0.15, 0.2) is 5.78 Å². The number of benzene rings is 3. The van der Waals surface area contributed by atoms with Gasteiger partial charge in [-0.15, -0.1) is 0 Å². The molecule has 0 aliphatic carbocycles. The van der Waals surface area contributed by atoms with Crippen molar-refractivity contribution in [1.29, 1.82) is 0 Å². The summed E-state index contributed by atoms with van der Waals surface area (Å²) in [5, 5.41) is 0. The second-order valence-electron chi connectivity index (χ2n) is 7.41. The van der Waals surface area contributed by atoms with E-state index in [2.05, 4.69) is 53.4 Å². The maximum Gasteiger partial charge on any atom is 0.159 e. The minimum atomic E-state index is 0.150. The van der Waals surface area contributed by atoms with Gasteiger partial charge in [0.25, 0.3) is 0 Å². The highest BCUT2D eigenvalue weighted by atomic mass is 16.1. The number of anilines is 3. The predicted molar refractivity (Wildman–Crippen MR) is 99.5 cm³/mol. The Labute approximate surface area is 146 Å². The van der Waals surface area contributed by atoms with Crippen LogP contribution in [0.3, 0.4) is 0 Å². The lowest BCUT2D eigenvalue weighted by atomic mass is 9.79. The Balaban J connectivity index is 1.75. The van der Waals surface area contributed by atoms with Gasteiger partial charge < -0.3 is 4.90 Å². The van der Waals surface area contributed by atoms with E-state index < -0.39 is 0 Å². The van der Waals surface area contributed by atoms with E-state index in [0.717, 1.165) is 24.8 Å². The molecule has 0 fully saturated rings. The molecule has 0 N–H and O–H groups in total. The van der Waals surface area contributed by atoms with Crippen molar-refractivity contribution in [1.82, 2.24) is 0 Å². The third-order valence-corrected chi connectivity index (χ3v) is 5.89. The number of rotatable bonds is 1. The Morgan fingerprint density at radius 1 is 0.720 bits per heavy atom. The zero-order valence-corrected chi connectivity index (χ0v) is 14.1. The Kier molecular flexibility index (Phi) is 2.36. The molecule has 2 heteroatoms. The third kappa shape index (κ3) is 1.62. The van der Waals surface area contributed by atoms with Gasteiger partial charge in [0.1, 0.15) is 0 Å². The molecule has 3 aromatic carbocycles. The highest BCUT2D eigenvalue weighted by Crippen LogP contribution is 2.55. The van der Waals surface area contributed by atoms with Crippen LogP contribution in [0.25, 0.3) is 0 Å². The fourth-order valence-electron chi connectivity index (χ4n) is 4.91. The summed E-state index contributed by atoms with van der Waals surface area (Å²) in [6.45, 7) is 1.67. The van der Waals surface area contributed by atoms with Gasteiger partial charge in [-0.3, -0.25) is 4.79 Å². The molecule has 0 spiro atoms. The fraction of sp³-hybridized carbons (Fsp3) is 0.174. The lowest BCUT2D eigenvalue weighted by Crippen LogP contribution is -2.29. The van der Waals surface area contributed by atoms with Crippen LogP contribution in [0.1, 0.15) is 50.7 Å². The molecule has 120 valence electrons. The molecule has 0 bridgehead atoms. The maximum absolute atomic E-state index is 12.0. The quantitative estimate of drug-likeness (QED) is 0.394. The van der Waals surface area contributed by atoms with Crippen LogP contribution in [-0.4, -0.2) is 5.78 Å². The van der Waals surface area contributed by atoms with E-state index >= 15 is 0 Å². The van der Waals surface area contributed by atoms with Crippen molar-refractivity contribution in [3.63, 3.8) is 0 Å². The van der Waals surface area contributed by atoms with Gasteiger partial charge in [0, 0.05) is 24.8 Å². The van der Waals surface area contributed by atoms with Crippen LogP contribution in [0.4, 0.5) is 17.1 Å². The first-order chi connectivity index (χ1) is 12.2. The smallest absolute Gasteiger partial charge is 0.159 e. The summed E-state index contributed by atoms with van der Waals surface area (Å²) in [4.78, 5) is 14.5. The molecule has 0 atom stereocenters. The Hall–Kier alpha value is -2.87. The molecule has 3 aromatic rings. The van der Waals surface area contributed by atoms with Crippen molar-refractivity contribution in [3.8, 4) is 0 Å². The highest BCUT2D eigenvalue weighted by Gasteiger charge is 2.37. The highest BCUT2D eigenvalue weighted by molar-refractivity contribution is 5.99. The SMILES string of the molecule is CC(=O)c1cc2c3c(c1)Cc1cccc4c1N3c1c(cccc1C2)C4. The first-order valence-corrected chi connectivity index (χ1v) is 8.89. The molecule has 2 nitrogen and oxygen atoms in total. The molecule has 0 amide bonds. The van der Waals surface area contributed by atoms with Gasteiger partial charge in [0.2, 0.25) is 0 Å². The minimum absolute atomic E-state index is 0.150. The molecule has 0 unspecified atom stereocenters.